The molecule has 0 bridgehead atoms. The van der Waals surface area contributed by atoms with E-state index in [1.807, 2.05) is 78.9 Å². The van der Waals surface area contributed by atoms with Crippen molar-refractivity contribution in [1.29, 1.82) is 0 Å². The maximum absolute atomic E-state index is 12.8. The van der Waals surface area contributed by atoms with Gasteiger partial charge in [0.1, 0.15) is 10.7 Å². The number of amides is 1. The van der Waals surface area contributed by atoms with E-state index in [0.29, 0.717) is 12.2 Å². The zero-order valence-corrected chi connectivity index (χ0v) is 17.8. The number of thiazole rings is 1. The van der Waals surface area contributed by atoms with E-state index in [9.17, 15) is 9.59 Å². The van der Waals surface area contributed by atoms with Crippen LogP contribution >= 0.6 is 11.3 Å². The topological polar surface area (TPSA) is 76.9 Å². The summed E-state index contributed by atoms with van der Waals surface area (Å²) < 4.78 is 2.41. The molecule has 0 saturated heterocycles. The number of benzene rings is 3. The number of nitrogens with zero attached hydrogens (tertiary/aromatic N) is 3. The molecule has 2 aromatic heterocycles. The lowest BCUT2D eigenvalue weighted by Crippen LogP contribution is -2.26. The quantitative estimate of drug-likeness (QED) is 0.427. The highest BCUT2D eigenvalue weighted by molar-refractivity contribution is 7.21. The van der Waals surface area contributed by atoms with Gasteiger partial charge in [-0.25, -0.2) is 9.67 Å². The molecule has 0 aliphatic carbocycles. The van der Waals surface area contributed by atoms with Crippen LogP contribution in [0.3, 0.4) is 0 Å². The first kappa shape index (κ1) is 19.8. The minimum atomic E-state index is -0.381. The van der Waals surface area contributed by atoms with E-state index >= 15 is 0 Å². The lowest BCUT2D eigenvalue weighted by atomic mass is 10.2. The van der Waals surface area contributed by atoms with Crippen LogP contribution in [0.4, 0.5) is 5.69 Å². The summed E-state index contributed by atoms with van der Waals surface area (Å²) in [7, 11) is 0. The molecular weight excluding hydrogens is 420 g/mol. The molecule has 7 heteroatoms. The number of aromatic nitrogens is 3. The maximum atomic E-state index is 12.8. The summed E-state index contributed by atoms with van der Waals surface area (Å²) in [6.07, 6.45) is 0. The lowest BCUT2D eigenvalue weighted by Gasteiger charge is -2.09. The summed E-state index contributed by atoms with van der Waals surface area (Å²) in [5.41, 5.74) is 3.35. The van der Waals surface area contributed by atoms with Crippen molar-refractivity contribution >= 4 is 33.1 Å². The van der Waals surface area contributed by atoms with Crippen molar-refractivity contribution in [2.45, 2.75) is 6.54 Å². The van der Waals surface area contributed by atoms with Gasteiger partial charge in [0, 0.05) is 17.3 Å². The second-order valence-electron chi connectivity index (χ2n) is 7.22. The van der Waals surface area contributed by atoms with Gasteiger partial charge in [-0.15, -0.1) is 11.3 Å². The van der Waals surface area contributed by atoms with Gasteiger partial charge in [-0.1, -0.05) is 54.6 Å². The number of para-hydroxylation sites is 1. The van der Waals surface area contributed by atoms with E-state index in [-0.39, 0.29) is 17.2 Å². The van der Waals surface area contributed by atoms with Crippen molar-refractivity contribution in [2.75, 3.05) is 5.32 Å². The summed E-state index contributed by atoms with van der Waals surface area (Å²) in [5.74, 6) is -0.381. The number of carbonyl (C=O) groups excluding carboxylic acids is 1. The fraction of sp³-hybridized carbons (Fsp3) is 0.0400. The number of hydrogen-bond donors (Lipinski definition) is 1. The van der Waals surface area contributed by atoms with E-state index in [1.165, 1.54) is 16.8 Å². The largest absolute Gasteiger partial charge is 0.321 e. The van der Waals surface area contributed by atoms with E-state index in [0.717, 1.165) is 26.4 Å². The van der Waals surface area contributed by atoms with Crippen molar-refractivity contribution in [3.05, 3.63) is 113 Å². The molecule has 1 N–H and O–H groups in total. The van der Waals surface area contributed by atoms with Gasteiger partial charge in [-0.3, -0.25) is 9.59 Å². The van der Waals surface area contributed by atoms with E-state index in [2.05, 4.69) is 15.4 Å². The van der Waals surface area contributed by atoms with Crippen molar-refractivity contribution in [1.82, 2.24) is 14.8 Å². The third-order valence-corrected chi connectivity index (χ3v) is 6.02. The molecule has 3 aromatic carbocycles. The van der Waals surface area contributed by atoms with Crippen LogP contribution < -0.4 is 10.9 Å². The highest BCUT2D eigenvalue weighted by Crippen LogP contribution is 2.31. The zero-order valence-electron chi connectivity index (χ0n) is 16.9. The average Bonchev–Trinajstić information content (AvgIpc) is 3.26. The molecule has 0 radical (unpaired) electrons. The Labute approximate surface area is 187 Å². The molecule has 0 fully saturated rings. The SMILES string of the molecule is O=C(Nc1cccc(-c2nc3ccccc3s2)c1)c1ccc(=O)n(Cc2ccccc2)n1. The van der Waals surface area contributed by atoms with Gasteiger partial charge in [0.05, 0.1) is 16.8 Å². The van der Waals surface area contributed by atoms with Crippen LogP contribution in [-0.4, -0.2) is 20.7 Å². The molecular formula is C25H18N4O2S. The van der Waals surface area contributed by atoms with Gasteiger partial charge in [0.15, 0.2) is 0 Å². The van der Waals surface area contributed by atoms with E-state index in [1.54, 1.807) is 11.3 Å². The number of carbonyl (C=O) groups is 1. The van der Waals surface area contributed by atoms with E-state index in [4.69, 9.17) is 0 Å². The van der Waals surface area contributed by atoms with Crippen molar-refractivity contribution in [2.24, 2.45) is 0 Å². The van der Waals surface area contributed by atoms with Crippen LogP contribution in [0.15, 0.2) is 95.8 Å². The van der Waals surface area contributed by atoms with Gasteiger partial charge in [-0.2, -0.15) is 5.10 Å². The Morgan fingerprint density at radius 3 is 2.56 bits per heavy atom. The van der Waals surface area contributed by atoms with Crippen LogP contribution in [0.25, 0.3) is 20.8 Å². The standard InChI is InChI=1S/C25H18N4O2S/c30-23-14-13-21(28-29(23)16-17-7-2-1-3-8-17)24(31)26-19-10-6-9-18(15-19)25-27-20-11-4-5-12-22(20)32-25/h1-15H,16H2,(H,26,31). The van der Waals surface area contributed by atoms with Crippen LogP contribution in [0, 0.1) is 0 Å². The number of rotatable bonds is 5. The summed E-state index contributed by atoms with van der Waals surface area (Å²) >= 11 is 1.60. The smallest absolute Gasteiger partial charge is 0.276 e. The summed E-state index contributed by atoms with van der Waals surface area (Å²) in [6.45, 7) is 0.299. The molecule has 5 aromatic rings. The van der Waals surface area contributed by atoms with Crippen LogP contribution in [0.1, 0.15) is 16.1 Å². The predicted molar refractivity (Wildman–Crippen MR) is 127 cm³/mol. The van der Waals surface area contributed by atoms with Gasteiger partial charge in [0.25, 0.3) is 11.5 Å². The molecule has 1 amide bonds. The minimum absolute atomic E-state index is 0.172. The Balaban J connectivity index is 1.38. The lowest BCUT2D eigenvalue weighted by molar-refractivity contribution is 0.102. The molecule has 0 unspecified atom stereocenters. The van der Waals surface area contributed by atoms with Crippen LogP contribution in [0.2, 0.25) is 0 Å². The normalized spacial score (nSPS) is 10.9. The van der Waals surface area contributed by atoms with Crippen LogP contribution in [-0.2, 0) is 6.54 Å². The fourth-order valence-electron chi connectivity index (χ4n) is 3.36. The molecule has 0 aliphatic heterocycles. The fourth-order valence-corrected chi connectivity index (χ4v) is 4.32. The van der Waals surface area contributed by atoms with Gasteiger partial charge >= 0.3 is 0 Å². The monoisotopic (exact) mass is 438 g/mol. The minimum Gasteiger partial charge on any atom is -0.321 e. The predicted octanol–water partition coefficient (Wildman–Crippen LogP) is 4.82. The Hall–Kier alpha value is -4.10. The van der Waals surface area contributed by atoms with Gasteiger partial charge < -0.3 is 5.32 Å². The number of hydrogen-bond acceptors (Lipinski definition) is 5. The molecule has 5 rings (SSSR count). The molecule has 0 saturated carbocycles. The Kier molecular flexibility index (Phi) is 5.31. The van der Waals surface area contributed by atoms with Crippen LogP contribution in [0.5, 0.6) is 0 Å². The Bertz CT molecular complexity index is 1440. The maximum Gasteiger partial charge on any atom is 0.276 e. The first-order valence-electron chi connectivity index (χ1n) is 10.1. The summed E-state index contributed by atoms with van der Waals surface area (Å²) in [5, 5.41) is 8.01. The zero-order chi connectivity index (χ0) is 21.9. The number of fused-ring (bicyclic) bond motifs is 1. The molecule has 0 aliphatic rings. The second-order valence-corrected chi connectivity index (χ2v) is 8.25. The molecule has 0 spiro atoms. The average molecular weight is 439 g/mol. The van der Waals surface area contributed by atoms with Crippen molar-refractivity contribution < 1.29 is 4.79 Å². The molecule has 156 valence electrons. The van der Waals surface area contributed by atoms with E-state index < -0.39 is 0 Å². The summed E-state index contributed by atoms with van der Waals surface area (Å²) in [4.78, 5) is 29.7. The highest BCUT2D eigenvalue weighted by Gasteiger charge is 2.12. The highest BCUT2D eigenvalue weighted by atomic mass is 32.1. The Morgan fingerprint density at radius 2 is 1.72 bits per heavy atom. The molecule has 2 heterocycles. The van der Waals surface area contributed by atoms with Crippen molar-refractivity contribution in [3.8, 4) is 10.6 Å². The van der Waals surface area contributed by atoms with Gasteiger partial charge in [0.2, 0.25) is 0 Å². The van der Waals surface area contributed by atoms with Gasteiger partial charge in [-0.05, 0) is 35.9 Å². The second kappa shape index (κ2) is 8.56. The molecule has 32 heavy (non-hydrogen) atoms. The number of anilines is 1. The first-order valence-corrected chi connectivity index (χ1v) is 10.9. The molecule has 0 atom stereocenters. The summed E-state index contributed by atoms with van der Waals surface area (Å²) in [6, 6.07) is 27.8. The number of nitrogens with one attached hydrogen (secondary N) is 1. The van der Waals surface area contributed by atoms with Crippen molar-refractivity contribution in [3.63, 3.8) is 0 Å². The molecule has 6 nitrogen and oxygen atoms in total. The first-order chi connectivity index (χ1) is 15.7. The third kappa shape index (κ3) is 4.19. The third-order valence-electron chi connectivity index (χ3n) is 4.94. The Morgan fingerprint density at radius 1 is 0.906 bits per heavy atom.